The number of cyclic esters (lactones) is 1. The van der Waals surface area contributed by atoms with E-state index in [1.807, 2.05) is 4.90 Å². The number of hydrogen-bond acceptors (Lipinski definition) is 3. The zero-order valence-corrected chi connectivity index (χ0v) is 14.6. The molecule has 5 rings (SSSR count). The second-order valence-electron chi connectivity index (χ2n) is 8.27. The molecular formula is C20H24N2O3. The quantitative estimate of drug-likeness (QED) is 0.918. The largest absolute Gasteiger partial charge is 0.447 e. The first-order valence-corrected chi connectivity index (χ1v) is 9.39. The summed E-state index contributed by atoms with van der Waals surface area (Å²) in [5.74, 6) is 0.680. The number of aryl methyl sites for hydroxylation is 1. The molecule has 1 N–H and O–H groups in total. The molecule has 25 heavy (non-hydrogen) atoms. The molecule has 1 aromatic rings. The van der Waals surface area contributed by atoms with Crippen molar-refractivity contribution in [1.82, 2.24) is 10.2 Å². The van der Waals surface area contributed by atoms with E-state index in [0.717, 1.165) is 32.4 Å². The summed E-state index contributed by atoms with van der Waals surface area (Å²) in [5, 5.41) is 2.89. The van der Waals surface area contributed by atoms with Crippen molar-refractivity contribution in [2.24, 2.45) is 11.8 Å². The van der Waals surface area contributed by atoms with Gasteiger partial charge in [-0.2, -0.15) is 0 Å². The van der Waals surface area contributed by atoms with Gasteiger partial charge in [0.25, 0.3) is 0 Å². The van der Waals surface area contributed by atoms with Crippen LogP contribution in [-0.4, -0.2) is 42.1 Å². The SMILES string of the molecule is CCc1ccc(C23CC2CN(C(=O)C2CCC24COC(=O)N4)C3)cc1. The minimum atomic E-state index is -0.434. The maximum absolute atomic E-state index is 13.1. The van der Waals surface area contributed by atoms with Crippen LogP contribution >= 0.6 is 0 Å². The number of carbonyl (C=O) groups is 2. The maximum atomic E-state index is 13.1. The number of rotatable bonds is 3. The lowest BCUT2D eigenvalue weighted by atomic mass is 9.66. The molecule has 0 bridgehead atoms. The average Bonchev–Trinajstić information content (AvgIpc) is 2.97. The molecule has 2 aliphatic heterocycles. The highest BCUT2D eigenvalue weighted by atomic mass is 16.6. The number of ether oxygens (including phenoxy) is 1. The van der Waals surface area contributed by atoms with Gasteiger partial charge in [-0.25, -0.2) is 4.79 Å². The third-order valence-corrected chi connectivity index (χ3v) is 7.05. The Morgan fingerprint density at radius 3 is 2.76 bits per heavy atom. The van der Waals surface area contributed by atoms with Crippen LogP contribution in [0.15, 0.2) is 24.3 Å². The fourth-order valence-corrected chi connectivity index (χ4v) is 5.18. The van der Waals surface area contributed by atoms with Gasteiger partial charge in [-0.1, -0.05) is 31.2 Å². The van der Waals surface area contributed by atoms with Gasteiger partial charge in [0.15, 0.2) is 0 Å². The summed E-state index contributed by atoms with van der Waals surface area (Å²) in [5.41, 5.74) is 2.48. The molecule has 2 saturated carbocycles. The Bertz CT molecular complexity index is 746. The van der Waals surface area contributed by atoms with Gasteiger partial charge in [-0.15, -0.1) is 0 Å². The molecule has 4 atom stereocenters. The average molecular weight is 340 g/mol. The van der Waals surface area contributed by atoms with E-state index in [4.69, 9.17) is 4.74 Å². The second kappa shape index (κ2) is 4.99. The molecule has 4 fully saturated rings. The molecule has 2 amide bonds. The fourth-order valence-electron chi connectivity index (χ4n) is 5.18. The number of amides is 2. The highest BCUT2D eigenvalue weighted by Crippen LogP contribution is 2.59. The van der Waals surface area contributed by atoms with Gasteiger partial charge in [-0.05, 0) is 42.7 Å². The molecule has 5 heteroatoms. The van der Waals surface area contributed by atoms with Crippen LogP contribution < -0.4 is 5.32 Å². The molecule has 0 aromatic heterocycles. The molecule has 132 valence electrons. The number of benzene rings is 1. The molecular weight excluding hydrogens is 316 g/mol. The van der Waals surface area contributed by atoms with E-state index in [2.05, 4.69) is 36.5 Å². The van der Waals surface area contributed by atoms with E-state index in [1.54, 1.807) is 0 Å². The van der Waals surface area contributed by atoms with Crippen molar-refractivity contribution in [2.75, 3.05) is 19.7 Å². The number of nitrogens with zero attached hydrogens (tertiary/aromatic N) is 1. The van der Waals surface area contributed by atoms with Crippen LogP contribution in [0.3, 0.4) is 0 Å². The lowest BCUT2D eigenvalue weighted by Gasteiger charge is -2.45. The summed E-state index contributed by atoms with van der Waals surface area (Å²) < 4.78 is 5.07. The van der Waals surface area contributed by atoms with Crippen LogP contribution in [0.1, 0.15) is 37.3 Å². The van der Waals surface area contributed by atoms with Crippen molar-refractivity contribution in [3.05, 3.63) is 35.4 Å². The van der Waals surface area contributed by atoms with Crippen LogP contribution in [0.4, 0.5) is 4.79 Å². The molecule has 4 aliphatic rings. The smallest absolute Gasteiger partial charge is 0.407 e. The van der Waals surface area contributed by atoms with E-state index in [1.165, 1.54) is 17.5 Å². The van der Waals surface area contributed by atoms with Gasteiger partial charge in [-0.3, -0.25) is 4.79 Å². The van der Waals surface area contributed by atoms with Gasteiger partial charge < -0.3 is 15.0 Å². The highest BCUT2D eigenvalue weighted by Gasteiger charge is 2.64. The van der Waals surface area contributed by atoms with Crippen molar-refractivity contribution in [3.63, 3.8) is 0 Å². The summed E-state index contributed by atoms with van der Waals surface area (Å²) in [4.78, 5) is 26.5. The molecule has 2 heterocycles. The highest BCUT2D eigenvalue weighted by molar-refractivity contribution is 5.84. The summed E-state index contributed by atoms with van der Waals surface area (Å²) in [6.07, 6.45) is 3.56. The third kappa shape index (κ3) is 2.07. The number of piperidine rings is 1. The van der Waals surface area contributed by atoms with E-state index in [0.29, 0.717) is 12.5 Å². The van der Waals surface area contributed by atoms with Crippen LogP contribution in [0.25, 0.3) is 0 Å². The first-order chi connectivity index (χ1) is 12.1. The number of carbonyl (C=O) groups excluding carboxylic acids is 2. The summed E-state index contributed by atoms with van der Waals surface area (Å²) in [7, 11) is 0. The number of fused-ring (bicyclic) bond motifs is 1. The van der Waals surface area contributed by atoms with Gasteiger partial charge in [0.2, 0.25) is 5.91 Å². The van der Waals surface area contributed by atoms with Crippen LogP contribution in [0, 0.1) is 11.8 Å². The minimum Gasteiger partial charge on any atom is -0.447 e. The second-order valence-corrected chi connectivity index (χ2v) is 8.27. The Labute approximate surface area is 147 Å². The fraction of sp³-hybridized carbons (Fsp3) is 0.600. The molecule has 1 aromatic carbocycles. The Morgan fingerprint density at radius 2 is 2.16 bits per heavy atom. The zero-order valence-electron chi connectivity index (χ0n) is 14.6. The Hall–Kier alpha value is -2.04. The number of hydrogen-bond donors (Lipinski definition) is 1. The van der Waals surface area contributed by atoms with Crippen molar-refractivity contribution >= 4 is 12.0 Å². The monoisotopic (exact) mass is 340 g/mol. The molecule has 2 aliphatic carbocycles. The van der Waals surface area contributed by atoms with Crippen molar-refractivity contribution in [1.29, 1.82) is 0 Å². The van der Waals surface area contributed by atoms with Crippen molar-refractivity contribution < 1.29 is 14.3 Å². The van der Waals surface area contributed by atoms with Gasteiger partial charge in [0.1, 0.15) is 6.61 Å². The number of likely N-dealkylation sites (tertiary alicyclic amines) is 1. The van der Waals surface area contributed by atoms with E-state index >= 15 is 0 Å². The predicted octanol–water partition coefficient (Wildman–Crippen LogP) is 2.24. The van der Waals surface area contributed by atoms with Gasteiger partial charge in [0, 0.05) is 18.5 Å². The van der Waals surface area contributed by atoms with Gasteiger partial charge in [0.05, 0.1) is 11.5 Å². The Morgan fingerprint density at radius 1 is 1.36 bits per heavy atom. The van der Waals surface area contributed by atoms with Crippen molar-refractivity contribution in [3.8, 4) is 0 Å². The van der Waals surface area contributed by atoms with Crippen LogP contribution in [-0.2, 0) is 21.4 Å². The Kier molecular flexibility index (Phi) is 3.04. The first kappa shape index (κ1) is 15.2. The summed E-state index contributed by atoms with van der Waals surface area (Å²) >= 11 is 0. The van der Waals surface area contributed by atoms with Gasteiger partial charge >= 0.3 is 6.09 Å². The molecule has 4 unspecified atom stereocenters. The number of nitrogens with one attached hydrogen (secondary N) is 1. The minimum absolute atomic E-state index is 0.115. The number of alkyl carbamates (subject to hydrolysis) is 1. The van der Waals surface area contributed by atoms with E-state index in [9.17, 15) is 9.59 Å². The summed E-state index contributed by atoms with van der Waals surface area (Å²) in [6.45, 7) is 4.19. The third-order valence-electron chi connectivity index (χ3n) is 7.05. The topological polar surface area (TPSA) is 58.6 Å². The molecule has 1 spiro atoms. The van der Waals surface area contributed by atoms with E-state index in [-0.39, 0.29) is 23.3 Å². The Balaban J connectivity index is 1.31. The van der Waals surface area contributed by atoms with E-state index < -0.39 is 5.54 Å². The lowest BCUT2D eigenvalue weighted by Crippen LogP contribution is -2.62. The van der Waals surface area contributed by atoms with Crippen LogP contribution in [0.5, 0.6) is 0 Å². The molecule has 5 nitrogen and oxygen atoms in total. The predicted molar refractivity (Wildman–Crippen MR) is 92.1 cm³/mol. The standard InChI is InChI=1S/C20H24N2O3/c1-2-13-3-5-14(6-4-13)19-9-15(19)10-22(11-19)17(23)16-7-8-20(16)12-25-18(24)21-20/h3-6,15-16H,2,7-12H2,1H3,(H,21,24). The molecule has 0 radical (unpaired) electrons. The first-order valence-electron chi connectivity index (χ1n) is 9.39. The van der Waals surface area contributed by atoms with Crippen LogP contribution in [0.2, 0.25) is 0 Å². The zero-order chi connectivity index (χ0) is 17.2. The maximum Gasteiger partial charge on any atom is 0.407 e. The summed E-state index contributed by atoms with van der Waals surface area (Å²) in [6, 6.07) is 8.94. The normalized spacial score (nSPS) is 38.1. The lowest BCUT2D eigenvalue weighted by molar-refractivity contribution is -0.142. The van der Waals surface area contributed by atoms with Crippen molar-refractivity contribution in [2.45, 2.75) is 43.6 Å². The molecule has 2 saturated heterocycles.